The molecule has 3 nitrogen and oxygen atoms in total. The molecule has 1 saturated carbocycles. The van der Waals surface area contributed by atoms with Crippen LogP contribution in [0.25, 0.3) is 0 Å². The normalized spacial score (nSPS) is 16.6. The number of hydrogen-bond acceptors (Lipinski definition) is 3. The van der Waals surface area contributed by atoms with Crippen molar-refractivity contribution in [2.45, 2.75) is 38.8 Å². The molecule has 0 saturated heterocycles. The van der Waals surface area contributed by atoms with Gasteiger partial charge in [-0.05, 0) is 44.7 Å². The third kappa shape index (κ3) is 4.67. The first-order valence-corrected chi connectivity index (χ1v) is 6.85. The summed E-state index contributed by atoms with van der Waals surface area (Å²) < 4.78 is 5.85. The van der Waals surface area contributed by atoms with Gasteiger partial charge < -0.3 is 15.2 Å². The molecule has 0 aromatic heterocycles. The summed E-state index contributed by atoms with van der Waals surface area (Å²) >= 11 is 0. The Morgan fingerprint density at radius 1 is 1.39 bits per heavy atom. The van der Waals surface area contributed by atoms with Gasteiger partial charge in [0.05, 0.1) is 12.7 Å². The van der Waals surface area contributed by atoms with E-state index >= 15 is 0 Å². The van der Waals surface area contributed by atoms with Crippen LogP contribution in [0.2, 0.25) is 0 Å². The molecule has 1 aromatic carbocycles. The van der Waals surface area contributed by atoms with Crippen molar-refractivity contribution in [1.82, 2.24) is 5.32 Å². The molecule has 1 fully saturated rings. The summed E-state index contributed by atoms with van der Waals surface area (Å²) in [5.41, 5.74) is 1.20. The number of para-hydroxylation sites is 1. The minimum Gasteiger partial charge on any atom is -0.493 e. The Morgan fingerprint density at radius 3 is 2.89 bits per heavy atom. The largest absolute Gasteiger partial charge is 0.493 e. The van der Waals surface area contributed by atoms with Crippen LogP contribution in [-0.2, 0) is 6.54 Å². The lowest BCUT2D eigenvalue weighted by molar-refractivity contribution is 0.183. The van der Waals surface area contributed by atoms with Crippen molar-refractivity contribution >= 4 is 0 Å². The van der Waals surface area contributed by atoms with Crippen molar-refractivity contribution in [2.24, 2.45) is 5.92 Å². The molecule has 0 bridgehead atoms. The number of aliphatic hydroxyl groups is 1. The molecule has 0 radical (unpaired) electrons. The standard InChI is InChI=1S/C15H23NO2/c1-12(17)8-9-16-10-14-4-2-3-5-15(14)18-11-13-6-7-13/h2-5,12-13,16-17H,6-11H2,1H3. The summed E-state index contributed by atoms with van der Waals surface area (Å²) in [5, 5.41) is 12.5. The second kappa shape index (κ2) is 6.76. The topological polar surface area (TPSA) is 41.5 Å². The van der Waals surface area contributed by atoms with Gasteiger partial charge in [-0.1, -0.05) is 18.2 Å². The Morgan fingerprint density at radius 2 is 2.17 bits per heavy atom. The van der Waals surface area contributed by atoms with E-state index in [1.807, 2.05) is 25.1 Å². The molecule has 3 heteroatoms. The SMILES string of the molecule is CC(O)CCNCc1ccccc1OCC1CC1. The first-order chi connectivity index (χ1) is 8.75. The van der Waals surface area contributed by atoms with Gasteiger partial charge in [-0.2, -0.15) is 0 Å². The lowest BCUT2D eigenvalue weighted by atomic mass is 10.2. The number of ether oxygens (including phenoxy) is 1. The molecule has 1 unspecified atom stereocenters. The Labute approximate surface area is 109 Å². The summed E-state index contributed by atoms with van der Waals surface area (Å²) in [6.07, 6.45) is 3.17. The van der Waals surface area contributed by atoms with Crippen molar-refractivity contribution in [3.05, 3.63) is 29.8 Å². The molecule has 1 aliphatic rings. The van der Waals surface area contributed by atoms with Crippen molar-refractivity contribution in [1.29, 1.82) is 0 Å². The smallest absolute Gasteiger partial charge is 0.123 e. The van der Waals surface area contributed by atoms with E-state index in [2.05, 4.69) is 11.4 Å². The van der Waals surface area contributed by atoms with Crippen LogP contribution in [0.5, 0.6) is 5.75 Å². The maximum atomic E-state index is 9.19. The fraction of sp³-hybridized carbons (Fsp3) is 0.600. The van der Waals surface area contributed by atoms with Crippen molar-refractivity contribution in [2.75, 3.05) is 13.2 Å². The molecule has 100 valence electrons. The zero-order valence-corrected chi connectivity index (χ0v) is 11.1. The third-order valence-electron chi connectivity index (χ3n) is 3.20. The van der Waals surface area contributed by atoms with E-state index in [4.69, 9.17) is 4.74 Å². The Kier molecular flexibility index (Phi) is 5.02. The number of hydrogen-bond donors (Lipinski definition) is 2. The fourth-order valence-corrected chi connectivity index (χ4v) is 1.82. The Bertz CT molecular complexity index is 361. The van der Waals surface area contributed by atoms with Crippen LogP contribution in [-0.4, -0.2) is 24.4 Å². The van der Waals surface area contributed by atoms with Crippen LogP contribution in [0.1, 0.15) is 31.7 Å². The number of rotatable bonds is 8. The molecule has 18 heavy (non-hydrogen) atoms. The molecular weight excluding hydrogens is 226 g/mol. The van der Waals surface area contributed by atoms with E-state index in [0.717, 1.165) is 37.8 Å². The molecule has 1 aliphatic carbocycles. The second-order valence-electron chi connectivity index (χ2n) is 5.18. The van der Waals surface area contributed by atoms with Gasteiger partial charge in [-0.3, -0.25) is 0 Å². The van der Waals surface area contributed by atoms with Crippen LogP contribution in [0, 0.1) is 5.92 Å². The predicted octanol–water partition coefficient (Wildman–Crippen LogP) is 2.34. The lowest BCUT2D eigenvalue weighted by Crippen LogP contribution is -2.19. The molecule has 1 aromatic rings. The van der Waals surface area contributed by atoms with Gasteiger partial charge >= 0.3 is 0 Å². The highest BCUT2D eigenvalue weighted by Gasteiger charge is 2.22. The lowest BCUT2D eigenvalue weighted by Gasteiger charge is -2.12. The van der Waals surface area contributed by atoms with E-state index in [1.165, 1.54) is 18.4 Å². The van der Waals surface area contributed by atoms with E-state index in [0.29, 0.717) is 0 Å². The molecule has 2 N–H and O–H groups in total. The first-order valence-electron chi connectivity index (χ1n) is 6.85. The summed E-state index contributed by atoms with van der Waals surface area (Å²) in [4.78, 5) is 0. The summed E-state index contributed by atoms with van der Waals surface area (Å²) in [5.74, 6) is 1.77. The highest BCUT2D eigenvalue weighted by atomic mass is 16.5. The number of benzene rings is 1. The van der Waals surface area contributed by atoms with Gasteiger partial charge in [0.2, 0.25) is 0 Å². The molecule has 0 heterocycles. The minimum absolute atomic E-state index is 0.237. The molecule has 0 spiro atoms. The zero-order chi connectivity index (χ0) is 12.8. The Hall–Kier alpha value is -1.06. The summed E-state index contributed by atoms with van der Waals surface area (Å²) in [6, 6.07) is 8.18. The van der Waals surface area contributed by atoms with Gasteiger partial charge in [0.15, 0.2) is 0 Å². The highest BCUT2D eigenvalue weighted by molar-refractivity contribution is 5.33. The minimum atomic E-state index is -0.237. The van der Waals surface area contributed by atoms with Crippen molar-refractivity contribution < 1.29 is 9.84 Å². The monoisotopic (exact) mass is 249 g/mol. The number of aliphatic hydroxyl groups excluding tert-OH is 1. The predicted molar refractivity (Wildman–Crippen MR) is 72.7 cm³/mol. The third-order valence-corrected chi connectivity index (χ3v) is 3.20. The summed E-state index contributed by atoms with van der Waals surface area (Å²) in [7, 11) is 0. The van der Waals surface area contributed by atoms with Gasteiger partial charge in [0.25, 0.3) is 0 Å². The molecule has 2 rings (SSSR count). The van der Waals surface area contributed by atoms with Gasteiger partial charge in [-0.25, -0.2) is 0 Å². The fourth-order valence-electron chi connectivity index (χ4n) is 1.82. The molecule has 1 atom stereocenters. The molecule has 0 aliphatic heterocycles. The molecular formula is C15H23NO2. The second-order valence-corrected chi connectivity index (χ2v) is 5.18. The summed E-state index contributed by atoms with van der Waals surface area (Å²) in [6.45, 7) is 4.29. The van der Waals surface area contributed by atoms with Crippen molar-refractivity contribution in [3.63, 3.8) is 0 Å². The van der Waals surface area contributed by atoms with Gasteiger partial charge in [-0.15, -0.1) is 0 Å². The highest BCUT2D eigenvalue weighted by Crippen LogP contribution is 2.30. The average molecular weight is 249 g/mol. The van der Waals surface area contributed by atoms with Crippen LogP contribution < -0.4 is 10.1 Å². The van der Waals surface area contributed by atoms with Crippen LogP contribution in [0.4, 0.5) is 0 Å². The zero-order valence-electron chi connectivity index (χ0n) is 11.1. The van der Waals surface area contributed by atoms with E-state index in [1.54, 1.807) is 0 Å². The average Bonchev–Trinajstić information content (AvgIpc) is 3.17. The van der Waals surface area contributed by atoms with E-state index < -0.39 is 0 Å². The Balaban J connectivity index is 1.78. The van der Waals surface area contributed by atoms with E-state index in [-0.39, 0.29) is 6.10 Å². The maximum Gasteiger partial charge on any atom is 0.123 e. The van der Waals surface area contributed by atoms with Gasteiger partial charge in [0, 0.05) is 12.1 Å². The van der Waals surface area contributed by atoms with Gasteiger partial charge in [0.1, 0.15) is 5.75 Å². The quantitative estimate of drug-likeness (QED) is 0.695. The van der Waals surface area contributed by atoms with Crippen LogP contribution >= 0.6 is 0 Å². The van der Waals surface area contributed by atoms with Crippen molar-refractivity contribution in [3.8, 4) is 5.75 Å². The van der Waals surface area contributed by atoms with Crippen LogP contribution in [0.3, 0.4) is 0 Å². The van der Waals surface area contributed by atoms with E-state index in [9.17, 15) is 5.11 Å². The maximum absolute atomic E-state index is 9.19. The first kappa shape index (κ1) is 13.4. The molecule has 0 amide bonds. The van der Waals surface area contributed by atoms with Crippen LogP contribution in [0.15, 0.2) is 24.3 Å². The number of nitrogens with one attached hydrogen (secondary N) is 1.